The topological polar surface area (TPSA) is 40.6 Å². The first-order valence-corrected chi connectivity index (χ1v) is 8.18. The van der Waals surface area contributed by atoms with Gasteiger partial charge in [0.15, 0.2) is 0 Å². The van der Waals surface area contributed by atoms with Gasteiger partial charge in [0.05, 0.1) is 0 Å². The Labute approximate surface area is 123 Å². The van der Waals surface area contributed by atoms with Crippen molar-refractivity contribution in [3.8, 4) is 0 Å². The highest BCUT2D eigenvalue weighted by Crippen LogP contribution is 2.28. The number of carbonyl (C=O) groups excluding carboxylic acids is 2. The van der Waals surface area contributed by atoms with Crippen molar-refractivity contribution in [3.05, 3.63) is 24.3 Å². The number of carbonyl (C=O) groups is 2. The number of hydrogen-bond donors (Lipinski definition) is 0. The van der Waals surface area contributed by atoms with Crippen LogP contribution in [0.15, 0.2) is 29.2 Å². The summed E-state index contributed by atoms with van der Waals surface area (Å²) in [6.45, 7) is 0.905. The molecule has 2 saturated heterocycles. The summed E-state index contributed by atoms with van der Waals surface area (Å²) in [5.41, 5.74) is 0.825. The minimum Gasteiger partial charge on any atom is -0.329 e. The van der Waals surface area contributed by atoms with E-state index in [0.29, 0.717) is 0 Å². The fourth-order valence-corrected chi connectivity index (χ4v) is 3.36. The molecule has 106 valence electrons. The molecule has 20 heavy (non-hydrogen) atoms. The highest BCUT2D eigenvalue weighted by molar-refractivity contribution is 7.98. The molecule has 1 unspecified atom stereocenters. The van der Waals surface area contributed by atoms with Crippen molar-refractivity contribution in [3.63, 3.8) is 0 Å². The maximum Gasteiger partial charge on any atom is 0.250 e. The number of piperazine rings is 1. The number of thioether (sulfide) groups is 1. The van der Waals surface area contributed by atoms with E-state index in [-0.39, 0.29) is 24.4 Å². The minimum absolute atomic E-state index is 0.0706. The fraction of sp³-hybridized carbons (Fsp3) is 0.467. The first kappa shape index (κ1) is 13.5. The van der Waals surface area contributed by atoms with Crippen LogP contribution in [0.2, 0.25) is 0 Å². The Hall–Kier alpha value is -1.49. The van der Waals surface area contributed by atoms with E-state index in [1.807, 2.05) is 30.5 Å². The van der Waals surface area contributed by atoms with E-state index in [0.717, 1.165) is 36.4 Å². The standard InChI is InChI=1S/C15H18N2O2S/c1-20-12-7-5-11(6-8-12)17-10-14(18)16-9-3-2-4-13(16)15(17)19/h5-8,13H,2-4,9-10H2,1H3. The lowest BCUT2D eigenvalue weighted by Crippen LogP contribution is -2.61. The normalized spacial score (nSPS) is 22.9. The van der Waals surface area contributed by atoms with Gasteiger partial charge in [-0.3, -0.25) is 9.59 Å². The lowest BCUT2D eigenvalue weighted by atomic mass is 9.98. The highest BCUT2D eigenvalue weighted by Gasteiger charge is 2.40. The Kier molecular flexibility index (Phi) is 3.70. The molecule has 2 aliphatic rings. The van der Waals surface area contributed by atoms with Crippen molar-refractivity contribution in [1.82, 2.24) is 4.90 Å². The van der Waals surface area contributed by atoms with Gasteiger partial charge in [0.1, 0.15) is 12.6 Å². The molecule has 1 aromatic carbocycles. The number of fused-ring (bicyclic) bond motifs is 1. The van der Waals surface area contributed by atoms with E-state index in [2.05, 4.69) is 0 Å². The number of anilines is 1. The lowest BCUT2D eigenvalue weighted by molar-refractivity contribution is -0.144. The second-order valence-electron chi connectivity index (χ2n) is 5.22. The van der Waals surface area contributed by atoms with Crippen molar-refractivity contribution in [2.75, 3.05) is 24.2 Å². The second-order valence-corrected chi connectivity index (χ2v) is 6.10. The summed E-state index contributed by atoms with van der Waals surface area (Å²) in [6.07, 6.45) is 4.85. The van der Waals surface area contributed by atoms with Gasteiger partial charge < -0.3 is 9.80 Å². The Morgan fingerprint density at radius 1 is 1.15 bits per heavy atom. The maximum atomic E-state index is 12.6. The van der Waals surface area contributed by atoms with Crippen LogP contribution < -0.4 is 4.90 Å². The van der Waals surface area contributed by atoms with E-state index >= 15 is 0 Å². The molecule has 0 saturated carbocycles. The van der Waals surface area contributed by atoms with E-state index in [1.165, 1.54) is 0 Å². The predicted molar refractivity (Wildman–Crippen MR) is 79.9 cm³/mol. The summed E-state index contributed by atoms with van der Waals surface area (Å²) < 4.78 is 0. The molecule has 0 aromatic heterocycles. The Morgan fingerprint density at radius 2 is 1.90 bits per heavy atom. The number of hydrogen-bond acceptors (Lipinski definition) is 3. The Bertz CT molecular complexity index is 529. The number of benzene rings is 1. The van der Waals surface area contributed by atoms with E-state index in [9.17, 15) is 9.59 Å². The smallest absolute Gasteiger partial charge is 0.250 e. The Morgan fingerprint density at radius 3 is 2.60 bits per heavy atom. The maximum absolute atomic E-state index is 12.6. The van der Waals surface area contributed by atoms with Crippen molar-refractivity contribution in [1.29, 1.82) is 0 Å². The monoisotopic (exact) mass is 290 g/mol. The second kappa shape index (κ2) is 5.48. The van der Waals surface area contributed by atoms with Crippen molar-refractivity contribution in [2.45, 2.75) is 30.2 Å². The molecule has 2 aliphatic heterocycles. The molecular weight excluding hydrogens is 272 g/mol. The number of amides is 2. The number of piperidine rings is 1. The minimum atomic E-state index is -0.245. The SMILES string of the molecule is CSc1ccc(N2CC(=O)N3CCCCC3C2=O)cc1. The zero-order valence-electron chi connectivity index (χ0n) is 11.5. The van der Waals surface area contributed by atoms with Gasteiger partial charge in [-0.05, 0) is 49.8 Å². The summed E-state index contributed by atoms with van der Waals surface area (Å²) in [5.74, 6) is 0.143. The number of nitrogens with zero attached hydrogens (tertiary/aromatic N) is 2. The summed E-state index contributed by atoms with van der Waals surface area (Å²) in [7, 11) is 0. The predicted octanol–water partition coefficient (Wildman–Crippen LogP) is 2.14. The van der Waals surface area contributed by atoms with Crippen LogP contribution in [0.5, 0.6) is 0 Å². The van der Waals surface area contributed by atoms with E-state index in [4.69, 9.17) is 0 Å². The molecule has 0 N–H and O–H groups in total. The third-order valence-corrected chi connectivity index (χ3v) is 4.80. The molecule has 2 heterocycles. The zero-order valence-corrected chi connectivity index (χ0v) is 12.4. The molecule has 0 spiro atoms. The summed E-state index contributed by atoms with van der Waals surface area (Å²) in [4.78, 5) is 29.4. The van der Waals surface area contributed by atoms with Gasteiger partial charge in [0.2, 0.25) is 11.8 Å². The third-order valence-electron chi connectivity index (χ3n) is 4.05. The van der Waals surface area contributed by atoms with Crippen LogP contribution in [-0.2, 0) is 9.59 Å². The van der Waals surface area contributed by atoms with Gasteiger partial charge >= 0.3 is 0 Å². The summed E-state index contributed by atoms with van der Waals surface area (Å²) in [5, 5.41) is 0. The molecule has 0 radical (unpaired) electrons. The van der Waals surface area contributed by atoms with Crippen LogP contribution in [0.4, 0.5) is 5.69 Å². The molecule has 2 amide bonds. The van der Waals surface area contributed by atoms with Gasteiger partial charge in [-0.15, -0.1) is 11.8 Å². The molecule has 4 nitrogen and oxygen atoms in total. The zero-order chi connectivity index (χ0) is 14.1. The van der Waals surface area contributed by atoms with Gasteiger partial charge in [-0.1, -0.05) is 0 Å². The van der Waals surface area contributed by atoms with Gasteiger partial charge in [-0.2, -0.15) is 0 Å². The molecule has 5 heteroatoms. The van der Waals surface area contributed by atoms with Gasteiger partial charge in [-0.25, -0.2) is 0 Å². The van der Waals surface area contributed by atoms with E-state index in [1.54, 1.807) is 21.6 Å². The molecule has 3 rings (SSSR count). The number of rotatable bonds is 2. The van der Waals surface area contributed by atoms with Crippen molar-refractivity contribution in [2.24, 2.45) is 0 Å². The largest absolute Gasteiger partial charge is 0.329 e. The van der Waals surface area contributed by atoms with Crippen LogP contribution in [0.25, 0.3) is 0 Å². The highest BCUT2D eigenvalue weighted by atomic mass is 32.2. The van der Waals surface area contributed by atoms with Crippen molar-refractivity contribution < 1.29 is 9.59 Å². The van der Waals surface area contributed by atoms with Gasteiger partial charge in [0, 0.05) is 17.1 Å². The summed E-state index contributed by atoms with van der Waals surface area (Å²) in [6, 6.07) is 7.59. The van der Waals surface area contributed by atoms with Crippen LogP contribution >= 0.6 is 11.8 Å². The molecule has 2 fully saturated rings. The average molecular weight is 290 g/mol. The summed E-state index contributed by atoms with van der Waals surface area (Å²) >= 11 is 1.67. The Balaban J connectivity index is 1.85. The van der Waals surface area contributed by atoms with Crippen LogP contribution in [0.3, 0.4) is 0 Å². The molecule has 1 aromatic rings. The third kappa shape index (κ3) is 2.30. The first-order chi connectivity index (χ1) is 9.70. The van der Waals surface area contributed by atoms with Gasteiger partial charge in [0.25, 0.3) is 0 Å². The lowest BCUT2D eigenvalue weighted by Gasteiger charge is -2.42. The van der Waals surface area contributed by atoms with Crippen LogP contribution in [0.1, 0.15) is 19.3 Å². The van der Waals surface area contributed by atoms with E-state index < -0.39 is 0 Å². The van der Waals surface area contributed by atoms with Crippen molar-refractivity contribution >= 4 is 29.3 Å². The van der Waals surface area contributed by atoms with Crippen LogP contribution in [-0.4, -0.2) is 42.1 Å². The first-order valence-electron chi connectivity index (χ1n) is 6.95. The fourth-order valence-electron chi connectivity index (χ4n) is 2.95. The molecule has 1 atom stereocenters. The molecule has 0 aliphatic carbocycles. The average Bonchev–Trinajstić information content (AvgIpc) is 2.51. The molecular formula is C15H18N2O2S. The quantitative estimate of drug-likeness (QED) is 0.784. The molecule has 0 bridgehead atoms. The van der Waals surface area contributed by atoms with Crippen LogP contribution in [0, 0.1) is 0 Å².